The fourth-order valence-electron chi connectivity index (χ4n) is 1.81. The molecule has 1 saturated heterocycles. The monoisotopic (exact) mass is 255 g/mol. The summed E-state index contributed by atoms with van der Waals surface area (Å²) in [6, 6.07) is 0. The highest BCUT2D eigenvalue weighted by atomic mass is 32.1. The quantitative estimate of drug-likeness (QED) is 0.807. The number of nitrogens with zero attached hydrogens (tertiary/aromatic N) is 2. The molecule has 6 nitrogen and oxygen atoms in total. The second kappa shape index (κ2) is 4.80. The SMILES string of the molecule is NCC1CCN(C(=O)c2nc(C(=O)O)cs2)C1. The number of carboxylic acid groups (broad SMARTS) is 1. The van der Waals surface area contributed by atoms with Crippen molar-refractivity contribution >= 4 is 23.2 Å². The van der Waals surface area contributed by atoms with Gasteiger partial charge in [-0.3, -0.25) is 4.79 Å². The van der Waals surface area contributed by atoms with Gasteiger partial charge in [-0.25, -0.2) is 9.78 Å². The van der Waals surface area contributed by atoms with E-state index in [9.17, 15) is 9.59 Å². The molecular weight excluding hydrogens is 242 g/mol. The number of hydrogen-bond acceptors (Lipinski definition) is 5. The van der Waals surface area contributed by atoms with E-state index in [2.05, 4.69) is 4.98 Å². The Kier molecular flexibility index (Phi) is 3.39. The summed E-state index contributed by atoms with van der Waals surface area (Å²) in [6.45, 7) is 1.88. The van der Waals surface area contributed by atoms with E-state index in [-0.39, 0.29) is 16.6 Å². The number of carbonyl (C=O) groups is 2. The molecule has 0 spiro atoms. The molecule has 1 fully saturated rings. The highest BCUT2D eigenvalue weighted by molar-refractivity contribution is 7.11. The molecule has 0 saturated carbocycles. The molecule has 1 unspecified atom stereocenters. The standard InChI is InChI=1S/C10H13N3O3S/c11-3-6-1-2-13(4-6)9(14)8-12-7(5-17-8)10(15)16/h5-6H,1-4,11H2,(H,15,16). The first kappa shape index (κ1) is 12.0. The minimum Gasteiger partial charge on any atom is -0.476 e. The van der Waals surface area contributed by atoms with Crippen LogP contribution in [-0.4, -0.2) is 46.5 Å². The average molecular weight is 255 g/mol. The molecule has 7 heteroatoms. The number of carbonyl (C=O) groups excluding carboxylic acids is 1. The number of carboxylic acids is 1. The first-order chi connectivity index (χ1) is 8.11. The molecule has 1 aliphatic rings. The van der Waals surface area contributed by atoms with Crippen molar-refractivity contribution < 1.29 is 14.7 Å². The normalized spacial score (nSPS) is 19.6. The van der Waals surface area contributed by atoms with Crippen LogP contribution in [0, 0.1) is 5.92 Å². The Hall–Kier alpha value is -1.47. The third-order valence-corrected chi connectivity index (χ3v) is 3.64. The molecule has 0 aliphatic carbocycles. The summed E-state index contributed by atoms with van der Waals surface area (Å²) in [5.41, 5.74) is 5.47. The van der Waals surface area contributed by atoms with E-state index in [0.29, 0.717) is 25.6 Å². The fraction of sp³-hybridized carbons (Fsp3) is 0.500. The number of amides is 1. The Morgan fingerprint density at radius 2 is 2.41 bits per heavy atom. The first-order valence-electron chi connectivity index (χ1n) is 5.30. The molecule has 0 radical (unpaired) electrons. The summed E-state index contributed by atoms with van der Waals surface area (Å²) in [6.07, 6.45) is 0.902. The Morgan fingerprint density at radius 3 is 2.94 bits per heavy atom. The summed E-state index contributed by atoms with van der Waals surface area (Å²) < 4.78 is 0. The molecule has 0 bridgehead atoms. The summed E-state index contributed by atoms with van der Waals surface area (Å²) in [7, 11) is 0. The number of thiazole rings is 1. The number of likely N-dealkylation sites (tertiary alicyclic amines) is 1. The van der Waals surface area contributed by atoms with Crippen LogP contribution in [0.5, 0.6) is 0 Å². The maximum Gasteiger partial charge on any atom is 0.355 e. The van der Waals surface area contributed by atoms with Crippen LogP contribution >= 0.6 is 11.3 Å². The van der Waals surface area contributed by atoms with Crippen molar-refractivity contribution in [2.45, 2.75) is 6.42 Å². The van der Waals surface area contributed by atoms with Crippen molar-refractivity contribution in [2.75, 3.05) is 19.6 Å². The van der Waals surface area contributed by atoms with Crippen molar-refractivity contribution in [1.82, 2.24) is 9.88 Å². The lowest BCUT2D eigenvalue weighted by atomic mass is 10.1. The average Bonchev–Trinajstić information content (AvgIpc) is 2.97. The van der Waals surface area contributed by atoms with Crippen molar-refractivity contribution in [3.63, 3.8) is 0 Å². The number of rotatable bonds is 3. The maximum absolute atomic E-state index is 12.0. The molecule has 1 aliphatic heterocycles. The first-order valence-corrected chi connectivity index (χ1v) is 6.18. The molecule has 3 N–H and O–H groups in total. The van der Waals surface area contributed by atoms with Gasteiger partial charge in [0.1, 0.15) is 0 Å². The Morgan fingerprint density at radius 1 is 1.65 bits per heavy atom. The predicted octanol–water partition coefficient (Wildman–Crippen LogP) is 0.262. The van der Waals surface area contributed by atoms with Crippen LogP contribution in [0.25, 0.3) is 0 Å². The van der Waals surface area contributed by atoms with E-state index in [1.54, 1.807) is 4.90 Å². The summed E-state index contributed by atoms with van der Waals surface area (Å²) in [4.78, 5) is 28.1. The Bertz CT molecular complexity index is 446. The molecule has 2 rings (SSSR count). The molecule has 1 aromatic heterocycles. The van der Waals surface area contributed by atoms with Gasteiger partial charge in [-0.15, -0.1) is 11.3 Å². The molecule has 0 aromatic carbocycles. The van der Waals surface area contributed by atoms with E-state index in [0.717, 1.165) is 17.8 Å². The molecular formula is C10H13N3O3S. The highest BCUT2D eigenvalue weighted by Gasteiger charge is 2.28. The molecule has 1 amide bonds. The summed E-state index contributed by atoms with van der Waals surface area (Å²) in [5.74, 6) is -0.960. The molecule has 17 heavy (non-hydrogen) atoms. The van der Waals surface area contributed by atoms with Crippen molar-refractivity contribution in [3.8, 4) is 0 Å². The highest BCUT2D eigenvalue weighted by Crippen LogP contribution is 2.19. The van der Waals surface area contributed by atoms with Gasteiger partial charge < -0.3 is 15.7 Å². The number of aromatic carboxylic acids is 1. The minimum atomic E-state index is -1.11. The number of aromatic nitrogens is 1. The summed E-state index contributed by atoms with van der Waals surface area (Å²) in [5, 5.41) is 10.3. The molecule has 2 heterocycles. The van der Waals surface area contributed by atoms with E-state index >= 15 is 0 Å². The van der Waals surface area contributed by atoms with Crippen LogP contribution in [0.2, 0.25) is 0 Å². The zero-order chi connectivity index (χ0) is 12.4. The lowest BCUT2D eigenvalue weighted by molar-refractivity contribution is 0.0691. The van der Waals surface area contributed by atoms with Crippen LogP contribution in [-0.2, 0) is 0 Å². The molecule has 1 aromatic rings. The van der Waals surface area contributed by atoms with E-state index in [1.807, 2.05) is 0 Å². The van der Waals surface area contributed by atoms with Gasteiger partial charge in [0, 0.05) is 18.5 Å². The number of nitrogens with two attached hydrogens (primary N) is 1. The lowest BCUT2D eigenvalue weighted by Crippen LogP contribution is -2.29. The largest absolute Gasteiger partial charge is 0.476 e. The van der Waals surface area contributed by atoms with Crippen molar-refractivity contribution in [1.29, 1.82) is 0 Å². The zero-order valence-electron chi connectivity index (χ0n) is 9.13. The molecule has 1 atom stereocenters. The van der Waals surface area contributed by atoms with Crippen LogP contribution in [0.3, 0.4) is 0 Å². The smallest absolute Gasteiger partial charge is 0.355 e. The Balaban J connectivity index is 2.07. The topological polar surface area (TPSA) is 96.5 Å². The third kappa shape index (κ3) is 2.45. The van der Waals surface area contributed by atoms with E-state index in [1.165, 1.54) is 5.38 Å². The van der Waals surface area contributed by atoms with Gasteiger partial charge >= 0.3 is 5.97 Å². The maximum atomic E-state index is 12.0. The van der Waals surface area contributed by atoms with E-state index in [4.69, 9.17) is 10.8 Å². The second-order valence-corrected chi connectivity index (χ2v) is 4.84. The zero-order valence-corrected chi connectivity index (χ0v) is 9.94. The van der Waals surface area contributed by atoms with Crippen LogP contribution in [0.15, 0.2) is 5.38 Å². The minimum absolute atomic E-state index is 0.0760. The molecule has 92 valence electrons. The van der Waals surface area contributed by atoms with Crippen molar-refractivity contribution in [3.05, 3.63) is 16.1 Å². The number of hydrogen-bond donors (Lipinski definition) is 2. The third-order valence-electron chi connectivity index (χ3n) is 2.81. The van der Waals surface area contributed by atoms with Gasteiger partial charge in [-0.2, -0.15) is 0 Å². The van der Waals surface area contributed by atoms with E-state index < -0.39 is 5.97 Å². The van der Waals surface area contributed by atoms with Gasteiger partial charge in [-0.1, -0.05) is 0 Å². The fourth-order valence-corrected chi connectivity index (χ4v) is 2.57. The Labute approximate surface area is 102 Å². The second-order valence-electron chi connectivity index (χ2n) is 3.98. The van der Waals surface area contributed by atoms with Crippen LogP contribution in [0.1, 0.15) is 26.7 Å². The summed E-state index contributed by atoms with van der Waals surface area (Å²) >= 11 is 1.07. The van der Waals surface area contributed by atoms with Gasteiger partial charge in [-0.05, 0) is 18.9 Å². The van der Waals surface area contributed by atoms with Gasteiger partial charge in [0.25, 0.3) is 5.91 Å². The van der Waals surface area contributed by atoms with Gasteiger partial charge in [0.2, 0.25) is 0 Å². The van der Waals surface area contributed by atoms with Crippen LogP contribution in [0.4, 0.5) is 0 Å². The lowest BCUT2D eigenvalue weighted by Gasteiger charge is -2.14. The van der Waals surface area contributed by atoms with Crippen LogP contribution < -0.4 is 5.73 Å². The van der Waals surface area contributed by atoms with Crippen molar-refractivity contribution in [2.24, 2.45) is 11.7 Å². The van der Waals surface area contributed by atoms with Gasteiger partial charge in [0.05, 0.1) is 0 Å². The van der Waals surface area contributed by atoms with Gasteiger partial charge in [0.15, 0.2) is 10.7 Å². The predicted molar refractivity (Wildman–Crippen MR) is 62.1 cm³/mol.